The van der Waals surface area contributed by atoms with Gasteiger partial charge in [0.1, 0.15) is 0 Å². The fourth-order valence-corrected chi connectivity index (χ4v) is 3.67. The van der Waals surface area contributed by atoms with Crippen LogP contribution in [0.5, 0.6) is 0 Å². The predicted molar refractivity (Wildman–Crippen MR) is 106 cm³/mol. The Kier molecular flexibility index (Phi) is 5.98. The summed E-state index contributed by atoms with van der Waals surface area (Å²) in [6.07, 6.45) is 6.81. The van der Waals surface area contributed by atoms with E-state index in [1.54, 1.807) is 0 Å². The Hall–Kier alpha value is -2.44. The first-order chi connectivity index (χ1) is 12.3. The van der Waals surface area contributed by atoms with Crippen LogP contribution in [0, 0.1) is 29.6 Å². The van der Waals surface area contributed by atoms with Crippen molar-refractivity contribution >= 4 is 0 Å². The van der Waals surface area contributed by atoms with E-state index >= 15 is 0 Å². The highest BCUT2D eigenvalue weighted by atomic mass is 14.3. The second kappa shape index (κ2) is 8.60. The topological polar surface area (TPSA) is 0 Å². The first-order valence-corrected chi connectivity index (χ1v) is 9.43. The lowest BCUT2D eigenvalue weighted by Gasteiger charge is -2.28. The number of hydrogen-bond acceptors (Lipinski definition) is 0. The molecule has 126 valence electrons. The maximum Gasteiger partial charge on any atom is 0.0249 e. The molecule has 0 radical (unpaired) electrons. The fourth-order valence-electron chi connectivity index (χ4n) is 3.67. The van der Waals surface area contributed by atoms with Crippen LogP contribution in [0.4, 0.5) is 0 Å². The van der Waals surface area contributed by atoms with E-state index in [9.17, 15) is 0 Å². The highest BCUT2D eigenvalue weighted by Crippen LogP contribution is 2.36. The molecule has 1 fully saturated rings. The van der Waals surface area contributed by atoms with Crippen molar-refractivity contribution in [3.63, 3.8) is 0 Å². The van der Waals surface area contributed by atoms with Gasteiger partial charge < -0.3 is 0 Å². The van der Waals surface area contributed by atoms with Crippen molar-refractivity contribution in [3.05, 3.63) is 70.8 Å². The summed E-state index contributed by atoms with van der Waals surface area (Å²) >= 11 is 0. The minimum atomic E-state index is 0.747. The first-order valence-electron chi connectivity index (χ1n) is 9.43. The van der Waals surface area contributed by atoms with Gasteiger partial charge in [0.25, 0.3) is 0 Å². The van der Waals surface area contributed by atoms with Crippen LogP contribution in [0.3, 0.4) is 0 Å². The Balaban J connectivity index is 1.64. The molecule has 1 aliphatic rings. The average molecular weight is 326 g/mol. The van der Waals surface area contributed by atoms with Gasteiger partial charge in [-0.25, -0.2) is 0 Å². The Morgan fingerprint density at radius 3 is 1.68 bits per heavy atom. The highest BCUT2D eigenvalue weighted by Gasteiger charge is 2.20. The Bertz CT molecular complexity index is 793. The van der Waals surface area contributed by atoms with Gasteiger partial charge in [0.15, 0.2) is 0 Å². The van der Waals surface area contributed by atoms with Crippen molar-refractivity contribution in [2.45, 2.75) is 51.9 Å². The van der Waals surface area contributed by atoms with Gasteiger partial charge in [-0.1, -0.05) is 43.2 Å². The van der Waals surface area contributed by atoms with Crippen LogP contribution in [-0.2, 0) is 0 Å². The molecule has 0 aromatic heterocycles. The minimum Gasteiger partial charge on any atom is -0.101 e. The second-order valence-corrected chi connectivity index (χ2v) is 6.95. The van der Waals surface area contributed by atoms with Gasteiger partial charge in [-0.3, -0.25) is 0 Å². The number of hydrogen-bond donors (Lipinski definition) is 0. The molecule has 0 heterocycles. The van der Waals surface area contributed by atoms with Crippen molar-refractivity contribution in [1.82, 2.24) is 0 Å². The van der Waals surface area contributed by atoms with Gasteiger partial charge in [0.2, 0.25) is 0 Å². The van der Waals surface area contributed by atoms with Gasteiger partial charge in [0.05, 0.1) is 0 Å². The molecule has 0 nitrogen and oxygen atoms in total. The fraction of sp³-hybridized carbons (Fsp3) is 0.360. The van der Waals surface area contributed by atoms with Gasteiger partial charge >= 0.3 is 0 Å². The van der Waals surface area contributed by atoms with Crippen LogP contribution in [0.2, 0.25) is 0 Å². The molecule has 3 rings (SSSR count). The molecule has 0 atom stereocenters. The average Bonchev–Trinajstić information content (AvgIpc) is 2.68. The normalized spacial score (nSPS) is 19.3. The zero-order valence-corrected chi connectivity index (χ0v) is 15.3. The smallest absolute Gasteiger partial charge is 0.0249 e. The summed E-state index contributed by atoms with van der Waals surface area (Å²) in [7, 11) is 0. The van der Waals surface area contributed by atoms with Crippen LogP contribution in [0.1, 0.15) is 74.1 Å². The van der Waals surface area contributed by atoms with E-state index in [1.165, 1.54) is 37.7 Å². The summed E-state index contributed by atoms with van der Waals surface area (Å²) in [6, 6.07) is 17.0. The summed E-state index contributed by atoms with van der Waals surface area (Å²) < 4.78 is 0. The lowest BCUT2D eigenvalue weighted by Crippen LogP contribution is -2.12. The quantitative estimate of drug-likeness (QED) is 0.581. The van der Waals surface area contributed by atoms with E-state index in [2.05, 4.69) is 54.9 Å². The van der Waals surface area contributed by atoms with Gasteiger partial charge in [-0.15, -0.1) is 5.92 Å². The van der Waals surface area contributed by atoms with Crippen LogP contribution < -0.4 is 0 Å². The van der Waals surface area contributed by atoms with Crippen molar-refractivity contribution in [3.8, 4) is 23.7 Å². The summed E-state index contributed by atoms with van der Waals surface area (Å²) in [5.74, 6) is 14.2. The molecule has 2 aromatic rings. The molecule has 0 aliphatic heterocycles. The third-order valence-corrected chi connectivity index (χ3v) is 5.31. The minimum absolute atomic E-state index is 0.747. The summed E-state index contributed by atoms with van der Waals surface area (Å²) in [5, 5.41) is 0. The molecular formula is C25H26. The van der Waals surface area contributed by atoms with E-state index in [4.69, 9.17) is 0 Å². The molecular weight excluding hydrogens is 300 g/mol. The van der Waals surface area contributed by atoms with Crippen molar-refractivity contribution in [2.24, 2.45) is 5.92 Å². The first kappa shape index (κ1) is 17.4. The van der Waals surface area contributed by atoms with Gasteiger partial charge in [0, 0.05) is 16.7 Å². The third kappa shape index (κ3) is 4.78. The van der Waals surface area contributed by atoms with E-state index in [1.807, 2.05) is 31.2 Å². The number of rotatable bonds is 2. The summed E-state index contributed by atoms with van der Waals surface area (Å²) in [5.41, 5.74) is 4.64. The Morgan fingerprint density at radius 1 is 0.720 bits per heavy atom. The van der Waals surface area contributed by atoms with Gasteiger partial charge in [-0.05, 0) is 86.4 Å². The Morgan fingerprint density at radius 2 is 1.20 bits per heavy atom. The van der Waals surface area contributed by atoms with Crippen molar-refractivity contribution in [2.75, 3.05) is 0 Å². The van der Waals surface area contributed by atoms with E-state index in [-0.39, 0.29) is 0 Å². The molecule has 0 saturated heterocycles. The maximum atomic E-state index is 3.27. The van der Waals surface area contributed by atoms with E-state index in [0.717, 1.165) is 28.5 Å². The number of benzene rings is 2. The zero-order chi connectivity index (χ0) is 17.5. The second-order valence-electron chi connectivity index (χ2n) is 6.95. The standard InChI is InChI=1S/C25H26/c1-3-5-21-6-8-22(9-7-21)10-11-23-14-18-25(19-15-23)24-16-12-20(4-2)13-17-24/h6-9,14-15,18-20,24H,4,12-13,16-17H2,1-2H3/t20-,24-. The third-order valence-electron chi connectivity index (χ3n) is 5.31. The molecule has 1 saturated carbocycles. The SMILES string of the molecule is CC#Cc1ccc(C#Cc2ccc([C@H]3CC[C@H](CC)CC3)cc2)cc1. The molecule has 2 aromatic carbocycles. The molecule has 0 spiro atoms. The Labute approximate surface area is 152 Å². The lowest BCUT2D eigenvalue weighted by atomic mass is 9.78. The molecule has 25 heavy (non-hydrogen) atoms. The molecule has 1 aliphatic carbocycles. The zero-order valence-electron chi connectivity index (χ0n) is 15.3. The molecule has 0 N–H and O–H groups in total. The lowest BCUT2D eigenvalue weighted by molar-refractivity contribution is 0.319. The molecule has 0 unspecified atom stereocenters. The predicted octanol–water partition coefficient (Wildman–Crippen LogP) is 6.14. The van der Waals surface area contributed by atoms with Crippen LogP contribution in [-0.4, -0.2) is 0 Å². The van der Waals surface area contributed by atoms with Crippen LogP contribution in [0.25, 0.3) is 0 Å². The molecule has 0 amide bonds. The van der Waals surface area contributed by atoms with E-state index in [0.29, 0.717) is 0 Å². The van der Waals surface area contributed by atoms with Crippen molar-refractivity contribution < 1.29 is 0 Å². The highest BCUT2D eigenvalue weighted by molar-refractivity contribution is 5.46. The van der Waals surface area contributed by atoms with Gasteiger partial charge in [-0.2, -0.15) is 0 Å². The largest absolute Gasteiger partial charge is 0.101 e. The summed E-state index contributed by atoms with van der Waals surface area (Å²) in [6.45, 7) is 4.18. The monoisotopic (exact) mass is 326 g/mol. The molecule has 0 heteroatoms. The van der Waals surface area contributed by atoms with Crippen LogP contribution >= 0.6 is 0 Å². The van der Waals surface area contributed by atoms with Crippen LogP contribution in [0.15, 0.2) is 48.5 Å². The van der Waals surface area contributed by atoms with Crippen molar-refractivity contribution in [1.29, 1.82) is 0 Å². The maximum absolute atomic E-state index is 3.27. The van der Waals surface area contributed by atoms with E-state index < -0.39 is 0 Å². The molecule has 0 bridgehead atoms. The summed E-state index contributed by atoms with van der Waals surface area (Å²) in [4.78, 5) is 0.